The lowest BCUT2D eigenvalue weighted by Crippen LogP contribution is -2.32. The first-order valence-electron chi connectivity index (χ1n) is 6.75. The molecule has 0 amide bonds. The fourth-order valence-electron chi connectivity index (χ4n) is 2.86. The molecule has 2 aromatic rings. The topological polar surface area (TPSA) is 42.2 Å². The van der Waals surface area contributed by atoms with Crippen LogP contribution in [0.15, 0.2) is 18.2 Å². The number of likely N-dealkylation sites (N-methyl/N-ethyl adjacent to an activating group) is 1. The van der Waals surface area contributed by atoms with Crippen LogP contribution in [0, 0.1) is 0 Å². The molecule has 0 bridgehead atoms. The van der Waals surface area contributed by atoms with Gasteiger partial charge in [-0.25, -0.2) is 0 Å². The van der Waals surface area contributed by atoms with Crippen molar-refractivity contribution in [1.29, 1.82) is 0 Å². The second-order valence-corrected chi connectivity index (χ2v) is 5.44. The molecular formula is C15H18ClN3. The van der Waals surface area contributed by atoms with E-state index in [0.717, 1.165) is 42.0 Å². The summed E-state index contributed by atoms with van der Waals surface area (Å²) in [6.07, 6.45) is 1.01. The zero-order valence-electron chi connectivity index (χ0n) is 11.1. The number of fused-ring (bicyclic) bond motifs is 2. The highest BCUT2D eigenvalue weighted by Gasteiger charge is 2.21. The molecule has 0 spiro atoms. The van der Waals surface area contributed by atoms with Gasteiger partial charge in [0.15, 0.2) is 0 Å². The van der Waals surface area contributed by atoms with E-state index in [1.165, 1.54) is 16.8 Å². The minimum Gasteiger partial charge on any atom is -0.326 e. The van der Waals surface area contributed by atoms with E-state index in [2.05, 4.69) is 11.8 Å². The van der Waals surface area contributed by atoms with Gasteiger partial charge in [-0.15, -0.1) is 0 Å². The van der Waals surface area contributed by atoms with E-state index >= 15 is 0 Å². The van der Waals surface area contributed by atoms with Crippen molar-refractivity contribution in [3.05, 3.63) is 40.0 Å². The number of pyridine rings is 1. The highest BCUT2D eigenvalue weighted by atomic mass is 35.5. The van der Waals surface area contributed by atoms with Crippen LogP contribution in [0.5, 0.6) is 0 Å². The van der Waals surface area contributed by atoms with E-state index in [4.69, 9.17) is 22.3 Å². The molecule has 3 nitrogen and oxygen atoms in total. The molecule has 0 aliphatic carbocycles. The van der Waals surface area contributed by atoms with Crippen molar-refractivity contribution in [2.24, 2.45) is 5.73 Å². The third-order valence-corrected chi connectivity index (χ3v) is 4.18. The summed E-state index contributed by atoms with van der Waals surface area (Å²) in [5.41, 5.74) is 10.7. The minimum absolute atomic E-state index is 0.541. The third-order valence-electron chi connectivity index (χ3n) is 3.95. The van der Waals surface area contributed by atoms with Gasteiger partial charge in [0.25, 0.3) is 0 Å². The molecule has 1 aliphatic heterocycles. The van der Waals surface area contributed by atoms with Crippen molar-refractivity contribution < 1.29 is 0 Å². The average molecular weight is 276 g/mol. The van der Waals surface area contributed by atoms with Gasteiger partial charge in [-0.05, 0) is 35.9 Å². The standard InChI is InChI=1S/C15H18ClN3/c1-2-19-6-5-15-13(9-19)12(8-17)11-7-10(16)3-4-14(11)18-15/h3-4,7H,2,5-6,8-9,17H2,1H3. The Labute approximate surface area is 118 Å². The number of hydrogen-bond acceptors (Lipinski definition) is 3. The van der Waals surface area contributed by atoms with Crippen molar-refractivity contribution in [3.63, 3.8) is 0 Å². The van der Waals surface area contributed by atoms with Gasteiger partial charge in [0.2, 0.25) is 0 Å². The number of halogens is 1. The molecule has 2 heterocycles. The van der Waals surface area contributed by atoms with E-state index in [9.17, 15) is 0 Å². The molecule has 0 saturated heterocycles. The average Bonchev–Trinajstić information content (AvgIpc) is 2.44. The summed E-state index contributed by atoms with van der Waals surface area (Å²) in [5.74, 6) is 0. The molecule has 100 valence electrons. The molecule has 0 atom stereocenters. The van der Waals surface area contributed by atoms with Crippen LogP contribution in [0.25, 0.3) is 10.9 Å². The normalized spacial score (nSPS) is 15.7. The van der Waals surface area contributed by atoms with Crippen molar-refractivity contribution in [2.45, 2.75) is 26.4 Å². The van der Waals surface area contributed by atoms with Gasteiger partial charge in [-0.3, -0.25) is 9.88 Å². The van der Waals surface area contributed by atoms with E-state index in [1.807, 2.05) is 18.2 Å². The summed E-state index contributed by atoms with van der Waals surface area (Å²) in [5, 5.41) is 1.85. The molecule has 4 heteroatoms. The molecule has 3 rings (SSSR count). The van der Waals surface area contributed by atoms with Crippen molar-refractivity contribution in [1.82, 2.24) is 9.88 Å². The number of aromatic nitrogens is 1. The Morgan fingerprint density at radius 3 is 3.00 bits per heavy atom. The maximum atomic E-state index is 6.11. The molecule has 2 N–H and O–H groups in total. The van der Waals surface area contributed by atoms with Gasteiger partial charge in [0, 0.05) is 42.2 Å². The van der Waals surface area contributed by atoms with Gasteiger partial charge in [-0.2, -0.15) is 0 Å². The predicted octanol–water partition coefficient (Wildman–Crippen LogP) is 2.72. The minimum atomic E-state index is 0.541. The maximum Gasteiger partial charge on any atom is 0.0709 e. The molecule has 0 fully saturated rings. The van der Waals surface area contributed by atoms with Crippen LogP contribution in [0.2, 0.25) is 5.02 Å². The maximum absolute atomic E-state index is 6.11. The zero-order chi connectivity index (χ0) is 13.4. The summed E-state index contributed by atoms with van der Waals surface area (Å²) in [4.78, 5) is 7.22. The van der Waals surface area contributed by atoms with E-state index in [-0.39, 0.29) is 0 Å². The fourth-order valence-corrected chi connectivity index (χ4v) is 3.03. The number of hydrogen-bond donors (Lipinski definition) is 1. The zero-order valence-corrected chi connectivity index (χ0v) is 11.9. The van der Waals surface area contributed by atoms with Crippen LogP contribution < -0.4 is 5.73 Å². The van der Waals surface area contributed by atoms with Gasteiger partial charge < -0.3 is 5.73 Å². The number of benzene rings is 1. The van der Waals surface area contributed by atoms with Crippen LogP contribution >= 0.6 is 11.6 Å². The Hall–Kier alpha value is -1.16. The van der Waals surface area contributed by atoms with Gasteiger partial charge in [0.1, 0.15) is 0 Å². The first-order valence-corrected chi connectivity index (χ1v) is 7.13. The quantitative estimate of drug-likeness (QED) is 0.916. The largest absolute Gasteiger partial charge is 0.326 e. The fraction of sp³-hybridized carbons (Fsp3) is 0.400. The third kappa shape index (κ3) is 2.22. The van der Waals surface area contributed by atoms with Crippen molar-refractivity contribution in [3.8, 4) is 0 Å². The monoisotopic (exact) mass is 275 g/mol. The molecule has 19 heavy (non-hydrogen) atoms. The SMILES string of the molecule is CCN1CCc2nc3ccc(Cl)cc3c(CN)c2C1. The van der Waals surface area contributed by atoms with Crippen LogP contribution in [0.1, 0.15) is 23.7 Å². The van der Waals surface area contributed by atoms with Crippen LogP contribution in [-0.2, 0) is 19.5 Å². The number of rotatable bonds is 2. The first-order chi connectivity index (χ1) is 9.22. The molecule has 0 unspecified atom stereocenters. The highest BCUT2D eigenvalue weighted by molar-refractivity contribution is 6.31. The Morgan fingerprint density at radius 1 is 1.42 bits per heavy atom. The lowest BCUT2D eigenvalue weighted by atomic mass is 9.96. The molecule has 1 aromatic heterocycles. The molecular weight excluding hydrogens is 258 g/mol. The second-order valence-electron chi connectivity index (χ2n) is 5.00. The van der Waals surface area contributed by atoms with E-state index in [1.54, 1.807) is 0 Å². The summed E-state index contributed by atoms with van der Waals surface area (Å²) >= 11 is 6.11. The first kappa shape index (κ1) is 12.9. The highest BCUT2D eigenvalue weighted by Crippen LogP contribution is 2.29. The van der Waals surface area contributed by atoms with E-state index in [0.29, 0.717) is 6.54 Å². The Bertz CT molecular complexity index is 624. The summed E-state index contributed by atoms with van der Waals surface area (Å²) < 4.78 is 0. The Balaban J connectivity index is 2.23. The van der Waals surface area contributed by atoms with Crippen molar-refractivity contribution >= 4 is 22.5 Å². The molecule has 1 aliphatic rings. The number of nitrogens with two attached hydrogens (primary N) is 1. The van der Waals surface area contributed by atoms with Crippen LogP contribution in [0.3, 0.4) is 0 Å². The van der Waals surface area contributed by atoms with Gasteiger partial charge in [-0.1, -0.05) is 18.5 Å². The Morgan fingerprint density at radius 2 is 2.26 bits per heavy atom. The molecule has 1 aromatic carbocycles. The summed E-state index contributed by atoms with van der Waals surface area (Å²) in [6, 6.07) is 5.87. The Kier molecular flexibility index (Phi) is 3.44. The lowest BCUT2D eigenvalue weighted by Gasteiger charge is -2.29. The van der Waals surface area contributed by atoms with E-state index < -0.39 is 0 Å². The predicted molar refractivity (Wildman–Crippen MR) is 79.3 cm³/mol. The second kappa shape index (κ2) is 5.08. The lowest BCUT2D eigenvalue weighted by molar-refractivity contribution is 0.265. The summed E-state index contributed by atoms with van der Waals surface area (Å²) in [7, 11) is 0. The molecule has 0 saturated carbocycles. The summed E-state index contributed by atoms with van der Waals surface area (Å²) in [6.45, 7) is 5.84. The smallest absolute Gasteiger partial charge is 0.0709 e. The van der Waals surface area contributed by atoms with Crippen LogP contribution in [0.4, 0.5) is 0 Å². The van der Waals surface area contributed by atoms with Crippen LogP contribution in [-0.4, -0.2) is 23.0 Å². The molecule has 0 radical (unpaired) electrons. The van der Waals surface area contributed by atoms with Crippen molar-refractivity contribution in [2.75, 3.05) is 13.1 Å². The van der Waals surface area contributed by atoms with Gasteiger partial charge in [0.05, 0.1) is 5.52 Å². The number of nitrogens with zero attached hydrogens (tertiary/aromatic N) is 2. The van der Waals surface area contributed by atoms with Gasteiger partial charge >= 0.3 is 0 Å².